The van der Waals surface area contributed by atoms with Gasteiger partial charge in [0, 0.05) is 17.0 Å². The van der Waals surface area contributed by atoms with Gasteiger partial charge in [-0.2, -0.15) is 5.10 Å². The molecular weight excluding hydrogens is 236 g/mol. The molecule has 0 aliphatic heterocycles. The molecule has 2 aromatic heterocycles. The molecule has 0 bridgehead atoms. The fraction of sp³-hybridized carbons (Fsp3) is 0.333. The standard InChI is InChI=1S/C12H14N2O2S/c1-4-14-11(7(2)6-13-14)9-5-10(12(15)16)17-8(9)3/h5-6H,4H2,1-3H3,(H,15,16). The number of aromatic carboxylic acids is 1. The number of rotatable bonds is 3. The van der Waals surface area contributed by atoms with E-state index in [-0.39, 0.29) is 0 Å². The molecule has 2 rings (SSSR count). The molecule has 2 aromatic rings. The molecule has 5 heteroatoms. The Balaban J connectivity index is 2.59. The molecule has 0 saturated heterocycles. The summed E-state index contributed by atoms with van der Waals surface area (Å²) >= 11 is 1.31. The van der Waals surface area contributed by atoms with Crippen LogP contribution in [0.15, 0.2) is 12.3 Å². The van der Waals surface area contributed by atoms with Gasteiger partial charge >= 0.3 is 5.97 Å². The molecule has 0 fully saturated rings. The topological polar surface area (TPSA) is 55.1 Å². The van der Waals surface area contributed by atoms with Crippen molar-refractivity contribution in [2.45, 2.75) is 27.3 Å². The number of hydrogen-bond acceptors (Lipinski definition) is 3. The molecule has 1 N–H and O–H groups in total. The summed E-state index contributed by atoms with van der Waals surface area (Å²) in [6.45, 7) is 6.74. The second-order valence-corrected chi connectivity index (χ2v) is 5.13. The number of aryl methyl sites for hydroxylation is 3. The normalized spacial score (nSPS) is 10.8. The quantitative estimate of drug-likeness (QED) is 0.911. The molecule has 0 radical (unpaired) electrons. The third-order valence-corrected chi connectivity index (χ3v) is 3.74. The van der Waals surface area contributed by atoms with E-state index in [2.05, 4.69) is 5.10 Å². The summed E-state index contributed by atoms with van der Waals surface area (Å²) in [5.41, 5.74) is 3.07. The number of carbonyl (C=O) groups is 1. The molecule has 2 heterocycles. The van der Waals surface area contributed by atoms with Crippen LogP contribution in [-0.2, 0) is 6.54 Å². The molecular formula is C12H14N2O2S. The Morgan fingerprint density at radius 1 is 1.53 bits per heavy atom. The summed E-state index contributed by atoms with van der Waals surface area (Å²) in [5, 5.41) is 13.3. The zero-order valence-corrected chi connectivity index (χ0v) is 10.8. The van der Waals surface area contributed by atoms with Crippen molar-refractivity contribution in [2.24, 2.45) is 0 Å². The van der Waals surface area contributed by atoms with Gasteiger partial charge < -0.3 is 5.11 Å². The van der Waals surface area contributed by atoms with Crippen LogP contribution < -0.4 is 0 Å². The number of aromatic nitrogens is 2. The largest absolute Gasteiger partial charge is 0.477 e. The summed E-state index contributed by atoms with van der Waals surface area (Å²) < 4.78 is 1.90. The van der Waals surface area contributed by atoms with Gasteiger partial charge in [-0.25, -0.2) is 4.79 Å². The first-order chi connectivity index (χ1) is 8.04. The van der Waals surface area contributed by atoms with Crippen LogP contribution in [0.5, 0.6) is 0 Å². The zero-order chi connectivity index (χ0) is 12.6. The predicted octanol–water partition coefficient (Wildman–Crippen LogP) is 2.95. The number of thiophene rings is 1. The molecule has 17 heavy (non-hydrogen) atoms. The van der Waals surface area contributed by atoms with Gasteiger partial charge in [0.15, 0.2) is 0 Å². The maximum atomic E-state index is 11.0. The molecule has 0 spiro atoms. The average Bonchev–Trinajstić information content (AvgIpc) is 2.81. The first-order valence-corrected chi connectivity index (χ1v) is 6.22. The smallest absolute Gasteiger partial charge is 0.345 e. The van der Waals surface area contributed by atoms with E-state index in [4.69, 9.17) is 5.11 Å². The van der Waals surface area contributed by atoms with E-state index < -0.39 is 5.97 Å². The van der Waals surface area contributed by atoms with Crippen LogP contribution >= 0.6 is 11.3 Å². The van der Waals surface area contributed by atoms with Crippen molar-refractivity contribution in [3.05, 3.63) is 27.6 Å². The van der Waals surface area contributed by atoms with Crippen LogP contribution in [0.4, 0.5) is 0 Å². The summed E-state index contributed by atoms with van der Waals surface area (Å²) in [6, 6.07) is 1.73. The van der Waals surface area contributed by atoms with E-state index in [0.29, 0.717) is 4.88 Å². The van der Waals surface area contributed by atoms with Crippen molar-refractivity contribution in [3.8, 4) is 11.3 Å². The van der Waals surface area contributed by atoms with E-state index >= 15 is 0 Å². The molecule has 0 amide bonds. The number of carboxylic acids is 1. The molecule has 0 unspecified atom stereocenters. The van der Waals surface area contributed by atoms with Crippen LogP contribution in [0.3, 0.4) is 0 Å². The Labute approximate surface area is 104 Å². The van der Waals surface area contributed by atoms with Crippen molar-refractivity contribution in [2.75, 3.05) is 0 Å². The third-order valence-electron chi connectivity index (χ3n) is 2.71. The van der Waals surface area contributed by atoms with Gasteiger partial charge in [-0.15, -0.1) is 11.3 Å². The lowest BCUT2D eigenvalue weighted by molar-refractivity contribution is 0.0702. The zero-order valence-electron chi connectivity index (χ0n) is 10.0. The van der Waals surface area contributed by atoms with E-state index in [1.807, 2.05) is 31.6 Å². The summed E-state index contributed by atoms with van der Waals surface area (Å²) in [7, 11) is 0. The summed E-state index contributed by atoms with van der Waals surface area (Å²) in [6.07, 6.45) is 1.82. The molecule has 0 aliphatic rings. The highest BCUT2D eigenvalue weighted by atomic mass is 32.1. The highest BCUT2D eigenvalue weighted by molar-refractivity contribution is 7.14. The summed E-state index contributed by atoms with van der Waals surface area (Å²) in [5.74, 6) is -0.871. The molecule has 4 nitrogen and oxygen atoms in total. The number of carboxylic acid groups (broad SMARTS) is 1. The van der Waals surface area contributed by atoms with Gasteiger partial charge in [-0.05, 0) is 32.4 Å². The predicted molar refractivity (Wildman–Crippen MR) is 67.6 cm³/mol. The fourth-order valence-electron chi connectivity index (χ4n) is 1.89. The monoisotopic (exact) mass is 250 g/mol. The molecule has 0 aliphatic carbocycles. The highest BCUT2D eigenvalue weighted by Crippen LogP contribution is 2.32. The SMILES string of the molecule is CCn1ncc(C)c1-c1cc(C(=O)O)sc1C. The van der Waals surface area contributed by atoms with E-state index in [9.17, 15) is 4.79 Å². The Hall–Kier alpha value is -1.62. The third kappa shape index (κ3) is 1.98. The van der Waals surface area contributed by atoms with Gasteiger partial charge in [0.2, 0.25) is 0 Å². The van der Waals surface area contributed by atoms with Crippen molar-refractivity contribution >= 4 is 17.3 Å². The van der Waals surface area contributed by atoms with Gasteiger partial charge in [0.05, 0.1) is 11.9 Å². The number of hydrogen-bond donors (Lipinski definition) is 1. The molecule has 0 saturated carbocycles. The summed E-state index contributed by atoms with van der Waals surface area (Å²) in [4.78, 5) is 12.4. The minimum atomic E-state index is -0.871. The highest BCUT2D eigenvalue weighted by Gasteiger charge is 2.17. The van der Waals surface area contributed by atoms with Crippen molar-refractivity contribution < 1.29 is 9.90 Å². The number of nitrogens with zero attached hydrogens (tertiary/aromatic N) is 2. The van der Waals surface area contributed by atoms with E-state index in [0.717, 1.165) is 28.2 Å². The van der Waals surface area contributed by atoms with Crippen LogP contribution in [-0.4, -0.2) is 20.9 Å². The van der Waals surface area contributed by atoms with E-state index in [1.165, 1.54) is 11.3 Å². The van der Waals surface area contributed by atoms with Gasteiger partial charge in [0.25, 0.3) is 0 Å². The maximum Gasteiger partial charge on any atom is 0.345 e. The Kier molecular flexibility index (Phi) is 3.02. The minimum absolute atomic E-state index is 0.376. The van der Waals surface area contributed by atoms with Crippen LogP contribution in [0.25, 0.3) is 11.3 Å². The molecule has 0 aromatic carbocycles. The van der Waals surface area contributed by atoms with Crippen molar-refractivity contribution in [1.82, 2.24) is 9.78 Å². The lowest BCUT2D eigenvalue weighted by Gasteiger charge is -2.05. The van der Waals surface area contributed by atoms with Gasteiger partial charge in [0.1, 0.15) is 4.88 Å². The average molecular weight is 250 g/mol. The Morgan fingerprint density at radius 3 is 2.76 bits per heavy atom. The van der Waals surface area contributed by atoms with E-state index in [1.54, 1.807) is 6.07 Å². The fourth-order valence-corrected chi connectivity index (χ4v) is 2.75. The first kappa shape index (κ1) is 11.9. The van der Waals surface area contributed by atoms with Crippen molar-refractivity contribution in [1.29, 1.82) is 0 Å². The second kappa shape index (κ2) is 4.33. The molecule has 90 valence electrons. The van der Waals surface area contributed by atoms with Crippen LogP contribution in [0.2, 0.25) is 0 Å². The van der Waals surface area contributed by atoms with Gasteiger partial charge in [-0.1, -0.05) is 0 Å². The second-order valence-electron chi connectivity index (χ2n) is 3.88. The van der Waals surface area contributed by atoms with Crippen LogP contribution in [0, 0.1) is 13.8 Å². The Morgan fingerprint density at radius 2 is 2.24 bits per heavy atom. The van der Waals surface area contributed by atoms with Crippen LogP contribution in [0.1, 0.15) is 27.0 Å². The lowest BCUT2D eigenvalue weighted by Crippen LogP contribution is -1.99. The Bertz CT molecular complexity index is 569. The van der Waals surface area contributed by atoms with Crippen molar-refractivity contribution in [3.63, 3.8) is 0 Å². The molecule has 0 atom stereocenters. The van der Waals surface area contributed by atoms with Gasteiger partial charge in [-0.3, -0.25) is 4.68 Å². The lowest BCUT2D eigenvalue weighted by atomic mass is 10.1. The maximum absolute atomic E-state index is 11.0. The minimum Gasteiger partial charge on any atom is -0.477 e. The first-order valence-electron chi connectivity index (χ1n) is 5.41.